The molecule has 1 N–H and O–H groups in total. The summed E-state index contributed by atoms with van der Waals surface area (Å²) in [5, 5.41) is 9.03. The molecule has 0 aromatic heterocycles. The van der Waals surface area contributed by atoms with Crippen LogP contribution in [-0.4, -0.2) is 24.8 Å². The third kappa shape index (κ3) is 4.27. The molecule has 0 aliphatic rings. The Bertz CT molecular complexity index is 454. The largest absolute Gasteiger partial charge is 0.466 e. The minimum Gasteiger partial charge on any atom is -0.466 e. The molecule has 0 amide bonds. The van der Waals surface area contributed by atoms with Crippen LogP contribution in [-0.2, 0) is 16.1 Å². The van der Waals surface area contributed by atoms with E-state index in [4.69, 9.17) is 14.6 Å². The molecule has 0 saturated heterocycles. The highest BCUT2D eigenvalue weighted by Crippen LogP contribution is 2.19. The maximum atomic E-state index is 10.8. The van der Waals surface area contributed by atoms with Crippen LogP contribution in [0.2, 0.25) is 0 Å². The highest BCUT2D eigenvalue weighted by molar-refractivity contribution is 5.94. The zero-order valence-electron chi connectivity index (χ0n) is 9.82. The van der Waals surface area contributed by atoms with E-state index in [9.17, 15) is 4.79 Å². The number of rotatable bonds is 4. The van der Waals surface area contributed by atoms with Gasteiger partial charge in [-0.2, -0.15) is 0 Å². The van der Waals surface area contributed by atoms with Gasteiger partial charge in [0.1, 0.15) is 5.75 Å². The average Bonchev–Trinajstić information content (AvgIpc) is 2.34. The maximum Gasteiger partial charge on any atom is 0.202 e. The van der Waals surface area contributed by atoms with Crippen molar-refractivity contribution in [2.24, 2.45) is 0 Å². The number of ketones is 1. The third-order valence-corrected chi connectivity index (χ3v) is 1.93. The van der Waals surface area contributed by atoms with Crippen LogP contribution < -0.4 is 4.74 Å². The van der Waals surface area contributed by atoms with Crippen LogP contribution in [0.5, 0.6) is 5.75 Å². The SMILES string of the molecule is COCOc1ccc(CO)cc1C#CC(C)=O. The quantitative estimate of drug-likeness (QED) is 0.626. The van der Waals surface area contributed by atoms with Gasteiger partial charge in [-0.25, -0.2) is 0 Å². The van der Waals surface area contributed by atoms with Gasteiger partial charge in [0.25, 0.3) is 0 Å². The lowest BCUT2D eigenvalue weighted by Gasteiger charge is -2.08. The Labute approximate surface area is 100 Å². The first-order chi connectivity index (χ1) is 8.17. The standard InChI is InChI=1S/C13H14O4/c1-10(15)3-5-12-7-11(8-14)4-6-13(12)17-9-16-2/h4,6-7,14H,8-9H2,1-2H3. The van der Waals surface area contributed by atoms with Crippen LogP contribution in [0, 0.1) is 11.8 Å². The van der Waals surface area contributed by atoms with Gasteiger partial charge in [0.2, 0.25) is 5.78 Å². The Morgan fingerprint density at radius 1 is 1.47 bits per heavy atom. The van der Waals surface area contributed by atoms with E-state index < -0.39 is 0 Å². The summed E-state index contributed by atoms with van der Waals surface area (Å²) in [7, 11) is 1.52. The number of benzene rings is 1. The van der Waals surface area contributed by atoms with E-state index in [-0.39, 0.29) is 19.2 Å². The fraction of sp³-hybridized carbons (Fsp3) is 0.308. The molecule has 0 heterocycles. The predicted molar refractivity (Wildman–Crippen MR) is 62.4 cm³/mol. The number of aliphatic hydroxyl groups excluding tert-OH is 1. The summed E-state index contributed by atoms with van der Waals surface area (Å²) in [6.07, 6.45) is 0. The van der Waals surface area contributed by atoms with Crippen molar-refractivity contribution in [2.75, 3.05) is 13.9 Å². The average molecular weight is 234 g/mol. The molecule has 4 nitrogen and oxygen atoms in total. The second-order valence-electron chi connectivity index (χ2n) is 3.35. The molecule has 17 heavy (non-hydrogen) atoms. The number of methoxy groups -OCH3 is 1. The second kappa shape index (κ2) is 6.69. The first-order valence-corrected chi connectivity index (χ1v) is 5.05. The zero-order chi connectivity index (χ0) is 12.7. The van der Waals surface area contributed by atoms with E-state index in [0.717, 1.165) is 0 Å². The van der Waals surface area contributed by atoms with E-state index >= 15 is 0 Å². The molecule has 0 aliphatic carbocycles. The van der Waals surface area contributed by atoms with Gasteiger partial charge in [-0.3, -0.25) is 4.79 Å². The van der Waals surface area contributed by atoms with E-state index in [0.29, 0.717) is 16.9 Å². The summed E-state index contributed by atoms with van der Waals surface area (Å²) in [4.78, 5) is 10.8. The van der Waals surface area contributed by atoms with Crippen molar-refractivity contribution in [2.45, 2.75) is 13.5 Å². The fourth-order valence-corrected chi connectivity index (χ4v) is 1.18. The highest BCUT2D eigenvalue weighted by Gasteiger charge is 2.03. The van der Waals surface area contributed by atoms with E-state index in [1.165, 1.54) is 14.0 Å². The van der Waals surface area contributed by atoms with Crippen LogP contribution in [0.25, 0.3) is 0 Å². The molecule has 1 aromatic rings. The summed E-state index contributed by atoms with van der Waals surface area (Å²) in [6.45, 7) is 1.41. The summed E-state index contributed by atoms with van der Waals surface area (Å²) in [5.41, 5.74) is 1.27. The number of hydrogen-bond donors (Lipinski definition) is 1. The van der Waals surface area contributed by atoms with Gasteiger partial charge in [0, 0.05) is 14.0 Å². The van der Waals surface area contributed by atoms with Gasteiger partial charge in [0.05, 0.1) is 12.2 Å². The molecule has 90 valence electrons. The monoisotopic (exact) mass is 234 g/mol. The summed E-state index contributed by atoms with van der Waals surface area (Å²) in [5.74, 6) is 5.44. The Morgan fingerprint density at radius 2 is 2.24 bits per heavy atom. The van der Waals surface area contributed by atoms with Crippen LogP contribution in [0.3, 0.4) is 0 Å². The number of aliphatic hydroxyl groups is 1. The Balaban J connectivity index is 3.03. The zero-order valence-corrected chi connectivity index (χ0v) is 9.82. The van der Waals surface area contributed by atoms with Crippen molar-refractivity contribution in [1.82, 2.24) is 0 Å². The number of carbonyl (C=O) groups is 1. The Morgan fingerprint density at radius 3 is 2.82 bits per heavy atom. The molecule has 0 saturated carbocycles. The first kappa shape index (κ1) is 13.2. The second-order valence-corrected chi connectivity index (χ2v) is 3.35. The highest BCUT2D eigenvalue weighted by atomic mass is 16.7. The van der Waals surface area contributed by atoms with Crippen molar-refractivity contribution in [3.63, 3.8) is 0 Å². The molecular weight excluding hydrogens is 220 g/mol. The van der Waals surface area contributed by atoms with E-state index in [2.05, 4.69) is 11.8 Å². The maximum absolute atomic E-state index is 10.8. The lowest BCUT2D eigenvalue weighted by molar-refractivity contribution is -0.111. The number of hydrogen-bond acceptors (Lipinski definition) is 4. The number of Topliss-reactive ketones (excluding diaryl/α,β-unsaturated/α-hetero) is 1. The number of ether oxygens (including phenoxy) is 2. The lowest BCUT2D eigenvalue weighted by Crippen LogP contribution is -2.01. The van der Waals surface area contributed by atoms with E-state index in [1.54, 1.807) is 18.2 Å². The van der Waals surface area contributed by atoms with E-state index in [1.807, 2.05) is 0 Å². The molecule has 0 unspecified atom stereocenters. The molecule has 0 aliphatic heterocycles. The van der Waals surface area contributed by atoms with Crippen molar-refractivity contribution < 1.29 is 19.4 Å². The van der Waals surface area contributed by atoms with Gasteiger partial charge in [-0.1, -0.05) is 12.0 Å². The topological polar surface area (TPSA) is 55.8 Å². The molecule has 0 spiro atoms. The molecule has 1 rings (SSSR count). The Hall–Kier alpha value is -1.83. The molecule has 0 bridgehead atoms. The summed E-state index contributed by atoms with van der Waals surface area (Å²) in [6, 6.07) is 5.10. The third-order valence-electron chi connectivity index (χ3n) is 1.93. The molecule has 0 radical (unpaired) electrons. The minimum absolute atomic E-state index is 0.0840. The minimum atomic E-state index is -0.225. The fourth-order valence-electron chi connectivity index (χ4n) is 1.18. The summed E-state index contributed by atoms with van der Waals surface area (Å²) < 4.78 is 10.1. The summed E-state index contributed by atoms with van der Waals surface area (Å²) >= 11 is 0. The lowest BCUT2D eigenvalue weighted by atomic mass is 10.1. The van der Waals surface area contributed by atoms with Crippen molar-refractivity contribution >= 4 is 5.78 Å². The predicted octanol–water partition coefficient (Wildman–Crippen LogP) is 1.10. The molecule has 0 atom stereocenters. The van der Waals surface area contributed by atoms with Gasteiger partial charge in [-0.15, -0.1) is 0 Å². The molecule has 1 aromatic carbocycles. The van der Waals surface area contributed by atoms with Gasteiger partial charge >= 0.3 is 0 Å². The van der Waals surface area contributed by atoms with Crippen molar-refractivity contribution in [1.29, 1.82) is 0 Å². The van der Waals surface area contributed by atoms with Crippen LogP contribution in [0.1, 0.15) is 18.1 Å². The van der Waals surface area contributed by atoms with Crippen LogP contribution in [0.15, 0.2) is 18.2 Å². The molecule has 0 fully saturated rings. The van der Waals surface area contributed by atoms with Gasteiger partial charge in [-0.05, 0) is 23.6 Å². The molecular formula is C13H14O4. The van der Waals surface area contributed by atoms with Crippen LogP contribution in [0.4, 0.5) is 0 Å². The normalized spacial score (nSPS) is 9.35. The Kier molecular flexibility index (Phi) is 5.21. The number of carbonyl (C=O) groups excluding carboxylic acids is 1. The van der Waals surface area contributed by atoms with Crippen molar-refractivity contribution in [3.8, 4) is 17.6 Å². The van der Waals surface area contributed by atoms with Crippen molar-refractivity contribution in [3.05, 3.63) is 29.3 Å². The smallest absolute Gasteiger partial charge is 0.202 e. The first-order valence-electron chi connectivity index (χ1n) is 5.05. The molecule has 4 heteroatoms. The van der Waals surface area contributed by atoms with Crippen LogP contribution >= 0.6 is 0 Å². The van der Waals surface area contributed by atoms with Gasteiger partial charge < -0.3 is 14.6 Å². The van der Waals surface area contributed by atoms with Gasteiger partial charge in [0.15, 0.2) is 6.79 Å².